The number of fused-ring (bicyclic) bond motifs is 1. The number of unbranched alkanes of at least 4 members (excludes halogenated alkanes) is 3. The Balaban J connectivity index is 1.27. The van der Waals surface area contributed by atoms with Crippen molar-refractivity contribution in [3.8, 4) is 0 Å². The highest BCUT2D eigenvalue weighted by molar-refractivity contribution is 6.23. The van der Waals surface area contributed by atoms with E-state index in [0.29, 0.717) is 18.8 Å². The van der Waals surface area contributed by atoms with Gasteiger partial charge in [-0.15, -0.1) is 0 Å². The molecule has 1 unspecified atom stereocenters. The summed E-state index contributed by atoms with van der Waals surface area (Å²) in [5.74, 6) is -1.86. The first-order chi connectivity index (χ1) is 19.5. The number of hydrogen-bond acceptors (Lipinski definition) is 7. The van der Waals surface area contributed by atoms with Crippen molar-refractivity contribution < 1.29 is 28.7 Å². The molecule has 2 aromatic rings. The summed E-state index contributed by atoms with van der Waals surface area (Å²) in [6.07, 6.45) is 3.44. The predicted octanol–water partition coefficient (Wildman–Crippen LogP) is 4.50. The molecule has 5 amide bonds. The van der Waals surface area contributed by atoms with Crippen molar-refractivity contribution in [3.05, 3.63) is 65.2 Å². The minimum Gasteiger partial charge on any atom is -0.444 e. The molecule has 2 aromatic carbocycles. The second-order valence-electron chi connectivity index (χ2n) is 11.4. The second kappa shape index (κ2) is 13.0. The quantitative estimate of drug-likeness (QED) is 0.305. The summed E-state index contributed by atoms with van der Waals surface area (Å²) in [6, 6.07) is 13.2. The van der Waals surface area contributed by atoms with E-state index in [1.54, 1.807) is 18.2 Å². The number of benzene rings is 2. The summed E-state index contributed by atoms with van der Waals surface area (Å²) < 4.78 is 5.21. The van der Waals surface area contributed by atoms with Gasteiger partial charge in [0.15, 0.2) is 0 Å². The third kappa shape index (κ3) is 7.50. The zero-order valence-corrected chi connectivity index (χ0v) is 23.9. The Morgan fingerprint density at radius 1 is 0.902 bits per heavy atom. The fourth-order valence-corrected chi connectivity index (χ4v) is 4.99. The van der Waals surface area contributed by atoms with Crippen LogP contribution < -0.4 is 10.6 Å². The maximum Gasteiger partial charge on any atom is 0.407 e. The van der Waals surface area contributed by atoms with Crippen LogP contribution in [0.1, 0.15) is 85.6 Å². The molecule has 1 saturated heterocycles. The van der Waals surface area contributed by atoms with Crippen LogP contribution in [0.25, 0.3) is 0 Å². The number of amides is 5. The van der Waals surface area contributed by atoms with E-state index in [9.17, 15) is 24.0 Å². The highest BCUT2D eigenvalue weighted by atomic mass is 16.6. The summed E-state index contributed by atoms with van der Waals surface area (Å²) in [7, 11) is 0. The predicted molar refractivity (Wildman–Crippen MR) is 153 cm³/mol. The average Bonchev–Trinajstić information content (AvgIpc) is 3.17. The number of piperidine rings is 1. The van der Waals surface area contributed by atoms with Crippen molar-refractivity contribution in [2.75, 3.05) is 18.4 Å². The van der Waals surface area contributed by atoms with Gasteiger partial charge in [0.2, 0.25) is 5.91 Å². The third-order valence-corrected chi connectivity index (χ3v) is 7.00. The molecule has 10 heteroatoms. The van der Waals surface area contributed by atoms with Crippen molar-refractivity contribution in [1.29, 1.82) is 0 Å². The number of ether oxygens (including phenoxy) is 1. The number of anilines is 1. The van der Waals surface area contributed by atoms with Gasteiger partial charge in [-0.3, -0.25) is 29.0 Å². The molecule has 2 N–H and O–H groups in total. The number of nitrogens with one attached hydrogen (secondary N) is 2. The maximum atomic E-state index is 13.3. The molecule has 0 spiro atoms. The van der Waals surface area contributed by atoms with Crippen LogP contribution in [0.4, 0.5) is 10.5 Å². The highest BCUT2D eigenvalue weighted by Gasteiger charge is 2.47. The van der Waals surface area contributed by atoms with Crippen molar-refractivity contribution in [1.82, 2.24) is 15.1 Å². The molecule has 4 rings (SSSR count). The lowest BCUT2D eigenvalue weighted by Crippen LogP contribution is -2.55. The Labute approximate surface area is 240 Å². The molecule has 0 saturated carbocycles. The molecule has 0 aliphatic carbocycles. The Bertz CT molecular complexity index is 1300. The van der Waals surface area contributed by atoms with E-state index in [4.69, 9.17) is 4.74 Å². The van der Waals surface area contributed by atoms with E-state index in [1.165, 1.54) is 0 Å². The van der Waals surface area contributed by atoms with E-state index in [1.807, 2.05) is 51.1 Å². The number of carbonyl (C=O) groups excluding carboxylic acids is 5. The van der Waals surface area contributed by atoms with Crippen LogP contribution in [0.3, 0.4) is 0 Å². The van der Waals surface area contributed by atoms with Crippen LogP contribution in [0.15, 0.2) is 48.5 Å². The Kier molecular flexibility index (Phi) is 9.42. The summed E-state index contributed by atoms with van der Waals surface area (Å²) in [4.78, 5) is 66.2. The SMILES string of the molecule is CC(C)(C)OC(=O)NCCCCCCNc1ccc2c(c1)C(=O)N(C1CCC(=O)N(Cc3ccccc3)C1=O)C2=O. The molecule has 0 aromatic heterocycles. The van der Waals surface area contributed by atoms with Gasteiger partial charge < -0.3 is 15.4 Å². The first-order valence-electron chi connectivity index (χ1n) is 14.2. The van der Waals surface area contributed by atoms with Crippen LogP contribution in [0, 0.1) is 0 Å². The standard InChI is InChI=1S/C31H38N4O6/c1-31(2,3)41-30(40)33-18-10-5-4-9-17-32-22-13-14-23-24(19-22)28(38)35(27(23)37)25-15-16-26(36)34(29(25)39)20-21-11-7-6-8-12-21/h6-8,11-14,19,25,32H,4-5,9-10,15-18,20H2,1-3H3,(H,33,40). The Hall–Kier alpha value is -4.21. The summed E-state index contributed by atoms with van der Waals surface area (Å²) >= 11 is 0. The first-order valence-corrected chi connectivity index (χ1v) is 14.2. The lowest BCUT2D eigenvalue weighted by Gasteiger charge is -2.34. The highest BCUT2D eigenvalue weighted by Crippen LogP contribution is 2.31. The van der Waals surface area contributed by atoms with Gasteiger partial charge in [-0.1, -0.05) is 43.2 Å². The molecule has 218 valence electrons. The normalized spacial score (nSPS) is 17.1. The molecule has 41 heavy (non-hydrogen) atoms. The van der Waals surface area contributed by atoms with Gasteiger partial charge in [-0.2, -0.15) is 0 Å². The smallest absolute Gasteiger partial charge is 0.407 e. The minimum atomic E-state index is -1.01. The zero-order valence-electron chi connectivity index (χ0n) is 23.9. The van der Waals surface area contributed by atoms with Crippen LogP contribution in [0.5, 0.6) is 0 Å². The number of imide groups is 2. The molecular weight excluding hydrogens is 524 g/mol. The van der Waals surface area contributed by atoms with Gasteiger partial charge in [0.25, 0.3) is 17.7 Å². The fraction of sp³-hybridized carbons (Fsp3) is 0.452. The van der Waals surface area contributed by atoms with E-state index in [-0.39, 0.29) is 36.4 Å². The van der Waals surface area contributed by atoms with E-state index in [0.717, 1.165) is 41.0 Å². The van der Waals surface area contributed by atoms with Crippen LogP contribution in [-0.4, -0.2) is 64.3 Å². The van der Waals surface area contributed by atoms with E-state index < -0.39 is 35.5 Å². The van der Waals surface area contributed by atoms with Gasteiger partial charge in [-0.25, -0.2) is 4.79 Å². The monoisotopic (exact) mass is 562 g/mol. The average molecular weight is 563 g/mol. The lowest BCUT2D eigenvalue weighted by molar-refractivity contribution is -0.152. The molecule has 2 heterocycles. The van der Waals surface area contributed by atoms with Gasteiger partial charge >= 0.3 is 6.09 Å². The van der Waals surface area contributed by atoms with Crippen LogP contribution >= 0.6 is 0 Å². The topological polar surface area (TPSA) is 125 Å². The third-order valence-electron chi connectivity index (χ3n) is 7.00. The largest absolute Gasteiger partial charge is 0.444 e. The molecule has 1 atom stereocenters. The first kappa shape index (κ1) is 29.8. The van der Waals surface area contributed by atoms with Crippen LogP contribution in [0.2, 0.25) is 0 Å². The van der Waals surface area contributed by atoms with Crippen molar-refractivity contribution in [2.24, 2.45) is 0 Å². The van der Waals surface area contributed by atoms with Gasteiger partial charge in [0.1, 0.15) is 11.6 Å². The molecular formula is C31H38N4O6. The van der Waals surface area contributed by atoms with E-state index >= 15 is 0 Å². The summed E-state index contributed by atoms with van der Waals surface area (Å²) in [6.45, 7) is 6.82. The molecule has 1 fully saturated rings. The molecule has 10 nitrogen and oxygen atoms in total. The van der Waals surface area contributed by atoms with Crippen molar-refractivity contribution in [2.45, 2.75) is 77.5 Å². The minimum absolute atomic E-state index is 0.0838. The zero-order chi connectivity index (χ0) is 29.6. The van der Waals surface area contributed by atoms with Gasteiger partial charge in [0.05, 0.1) is 17.7 Å². The van der Waals surface area contributed by atoms with Gasteiger partial charge in [0, 0.05) is 25.2 Å². The van der Waals surface area contributed by atoms with Gasteiger partial charge in [-0.05, 0) is 63.8 Å². The second-order valence-corrected chi connectivity index (χ2v) is 11.4. The maximum absolute atomic E-state index is 13.3. The summed E-state index contributed by atoms with van der Waals surface area (Å²) in [5, 5.41) is 6.05. The Morgan fingerprint density at radius 3 is 2.29 bits per heavy atom. The number of carbonyl (C=O) groups is 5. The number of nitrogens with zero attached hydrogens (tertiary/aromatic N) is 2. The van der Waals surface area contributed by atoms with Crippen LogP contribution in [-0.2, 0) is 20.9 Å². The molecule has 0 radical (unpaired) electrons. The number of alkyl carbamates (subject to hydrolysis) is 1. The molecule has 2 aliphatic rings. The van der Waals surface area contributed by atoms with Crippen molar-refractivity contribution in [3.63, 3.8) is 0 Å². The molecule has 2 aliphatic heterocycles. The number of hydrogen-bond donors (Lipinski definition) is 2. The van der Waals surface area contributed by atoms with E-state index in [2.05, 4.69) is 10.6 Å². The number of rotatable bonds is 11. The summed E-state index contributed by atoms with van der Waals surface area (Å²) in [5.41, 5.74) is 1.52. The Morgan fingerprint density at radius 2 is 1.59 bits per heavy atom. The number of likely N-dealkylation sites (tertiary alicyclic amines) is 1. The molecule has 0 bridgehead atoms. The lowest BCUT2D eigenvalue weighted by atomic mass is 10.0. The van der Waals surface area contributed by atoms with Crippen molar-refractivity contribution >= 4 is 35.4 Å². The fourth-order valence-electron chi connectivity index (χ4n) is 4.99.